The summed E-state index contributed by atoms with van der Waals surface area (Å²) in [6.07, 6.45) is 0. The van der Waals surface area contributed by atoms with E-state index in [-0.39, 0.29) is 11.7 Å². The highest BCUT2D eigenvalue weighted by Crippen LogP contribution is 2.23. The predicted octanol–water partition coefficient (Wildman–Crippen LogP) is 2.96. The summed E-state index contributed by atoms with van der Waals surface area (Å²) in [6.45, 7) is 1.78. The number of hydrogen-bond donors (Lipinski definition) is 2. The first-order valence-electron chi connectivity index (χ1n) is 7.10. The first-order valence-corrected chi connectivity index (χ1v) is 8.09. The molecule has 0 radical (unpaired) electrons. The number of aryl methyl sites for hydroxylation is 1. The fraction of sp³-hybridized carbons (Fsp3) is 0.118. The lowest BCUT2D eigenvalue weighted by Crippen LogP contribution is -2.16. The number of amides is 1. The summed E-state index contributed by atoms with van der Waals surface area (Å²) in [4.78, 5) is 29.9. The standard InChI is InChI=1S/C17H15N3O2S/c1-11-9-16(20-17(22)18-11)23-10-15(21)19-14-8-4-6-12-5-2-3-7-13(12)14/h2-9H,10H2,1H3,(H,19,21)(H,18,20,22). The fourth-order valence-corrected chi connectivity index (χ4v) is 3.04. The van der Waals surface area contributed by atoms with E-state index in [0.717, 1.165) is 22.2 Å². The van der Waals surface area contributed by atoms with Gasteiger partial charge in [0.2, 0.25) is 5.91 Å². The van der Waals surface area contributed by atoms with Crippen LogP contribution >= 0.6 is 11.8 Å². The Bertz CT molecular complexity index is 916. The van der Waals surface area contributed by atoms with Crippen LogP contribution in [0, 0.1) is 6.92 Å². The van der Waals surface area contributed by atoms with E-state index in [1.807, 2.05) is 42.5 Å². The van der Waals surface area contributed by atoms with Gasteiger partial charge in [-0.25, -0.2) is 4.79 Å². The molecule has 6 heteroatoms. The van der Waals surface area contributed by atoms with E-state index in [4.69, 9.17) is 0 Å². The molecule has 0 unspecified atom stereocenters. The molecule has 1 amide bonds. The summed E-state index contributed by atoms with van der Waals surface area (Å²) in [7, 11) is 0. The molecule has 5 nitrogen and oxygen atoms in total. The van der Waals surface area contributed by atoms with Crippen LogP contribution in [-0.2, 0) is 4.79 Å². The van der Waals surface area contributed by atoms with Crippen LogP contribution in [0.5, 0.6) is 0 Å². The fourth-order valence-electron chi connectivity index (χ4n) is 2.28. The quantitative estimate of drug-likeness (QED) is 0.571. The van der Waals surface area contributed by atoms with Crippen molar-refractivity contribution in [2.24, 2.45) is 0 Å². The molecular weight excluding hydrogens is 310 g/mol. The predicted molar refractivity (Wildman–Crippen MR) is 92.9 cm³/mol. The third-order valence-electron chi connectivity index (χ3n) is 3.27. The minimum absolute atomic E-state index is 0.133. The third-order valence-corrected chi connectivity index (χ3v) is 4.18. The molecule has 0 aliphatic carbocycles. The van der Waals surface area contributed by atoms with Crippen molar-refractivity contribution in [1.29, 1.82) is 0 Å². The van der Waals surface area contributed by atoms with Crippen LogP contribution in [0.15, 0.2) is 58.4 Å². The maximum atomic E-state index is 12.2. The molecule has 2 N–H and O–H groups in total. The Morgan fingerprint density at radius 2 is 2.00 bits per heavy atom. The Labute approximate surface area is 137 Å². The highest BCUT2D eigenvalue weighted by atomic mass is 32.2. The lowest BCUT2D eigenvalue weighted by Gasteiger charge is -2.08. The summed E-state index contributed by atoms with van der Waals surface area (Å²) >= 11 is 1.24. The summed E-state index contributed by atoms with van der Waals surface area (Å²) in [5.41, 5.74) is 1.10. The van der Waals surface area contributed by atoms with Crippen molar-refractivity contribution in [1.82, 2.24) is 9.97 Å². The lowest BCUT2D eigenvalue weighted by atomic mass is 10.1. The Kier molecular flexibility index (Phi) is 4.43. The summed E-state index contributed by atoms with van der Waals surface area (Å²) in [5.74, 6) is 0.0603. The molecule has 3 aromatic rings. The van der Waals surface area contributed by atoms with Gasteiger partial charge < -0.3 is 10.3 Å². The summed E-state index contributed by atoms with van der Waals surface area (Å²) in [6, 6.07) is 15.4. The molecule has 0 saturated carbocycles. The number of H-pyrrole nitrogens is 1. The number of aromatic nitrogens is 2. The Morgan fingerprint density at radius 3 is 2.83 bits per heavy atom. The minimum atomic E-state index is -0.401. The first kappa shape index (κ1) is 15.3. The Hall–Kier alpha value is -2.60. The maximum Gasteiger partial charge on any atom is 0.346 e. The zero-order valence-electron chi connectivity index (χ0n) is 12.5. The van der Waals surface area contributed by atoms with Gasteiger partial charge in [-0.1, -0.05) is 48.2 Å². The molecule has 23 heavy (non-hydrogen) atoms. The SMILES string of the molecule is Cc1cc(SCC(=O)Nc2cccc3ccccc23)nc(=O)[nH]1. The normalized spacial score (nSPS) is 10.7. The van der Waals surface area contributed by atoms with Gasteiger partial charge in [0.25, 0.3) is 0 Å². The topological polar surface area (TPSA) is 74.8 Å². The van der Waals surface area contributed by atoms with Crippen LogP contribution in [0.3, 0.4) is 0 Å². The van der Waals surface area contributed by atoms with Crippen LogP contribution in [0.2, 0.25) is 0 Å². The largest absolute Gasteiger partial charge is 0.346 e. The molecule has 0 atom stereocenters. The molecule has 116 valence electrons. The highest BCUT2D eigenvalue weighted by Gasteiger charge is 2.07. The van der Waals surface area contributed by atoms with Crippen molar-refractivity contribution in [2.75, 3.05) is 11.1 Å². The van der Waals surface area contributed by atoms with E-state index in [2.05, 4.69) is 15.3 Å². The van der Waals surface area contributed by atoms with Crippen LogP contribution in [0.1, 0.15) is 5.69 Å². The van der Waals surface area contributed by atoms with Gasteiger partial charge in [0, 0.05) is 16.8 Å². The molecule has 0 aliphatic rings. The van der Waals surface area contributed by atoms with Crippen molar-refractivity contribution in [2.45, 2.75) is 11.9 Å². The zero-order valence-corrected chi connectivity index (χ0v) is 13.3. The van der Waals surface area contributed by atoms with Gasteiger partial charge >= 0.3 is 5.69 Å². The van der Waals surface area contributed by atoms with Gasteiger partial charge in [-0.2, -0.15) is 4.98 Å². The van der Waals surface area contributed by atoms with Crippen LogP contribution in [-0.4, -0.2) is 21.6 Å². The molecule has 3 rings (SSSR count). The van der Waals surface area contributed by atoms with Crippen LogP contribution < -0.4 is 11.0 Å². The number of fused-ring (bicyclic) bond motifs is 1. The zero-order chi connectivity index (χ0) is 16.2. The van der Waals surface area contributed by atoms with Crippen LogP contribution in [0.25, 0.3) is 10.8 Å². The molecule has 0 saturated heterocycles. The average Bonchev–Trinajstić information content (AvgIpc) is 2.52. The van der Waals surface area contributed by atoms with E-state index in [1.165, 1.54) is 11.8 Å². The molecule has 1 aromatic heterocycles. The number of aromatic amines is 1. The molecule has 1 heterocycles. The molecule has 2 aromatic carbocycles. The molecule has 0 fully saturated rings. The molecule has 0 aliphatic heterocycles. The number of thioether (sulfide) groups is 1. The number of nitrogens with one attached hydrogen (secondary N) is 2. The first-order chi connectivity index (χ1) is 11.1. The molecule has 0 spiro atoms. The summed E-state index contributed by atoms with van der Waals surface area (Å²) < 4.78 is 0. The van der Waals surface area contributed by atoms with E-state index in [0.29, 0.717) is 5.03 Å². The number of anilines is 1. The Balaban J connectivity index is 1.70. The molecule has 0 bridgehead atoms. The second-order valence-corrected chi connectivity index (χ2v) is 6.07. The number of hydrogen-bond acceptors (Lipinski definition) is 4. The number of rotatable bonds is 4. The van der Waals surface area contributed by atoms with E-state index < -0.39 is 5.69 Å². The molecular formula is C17H15N3O2S. The second kappa shape index (κ2) is 6.66. The lowest BCUT2D eigenvalue weighted by molar-refractivity contribution is -0.113. The van der Waals surface area contributed by atoms with Gasteiger partial charge in [0.15, 0.2) is 0 Å². The average molecular weight is 325 g/mol. The van der Waals surface area contributed by atoms with Crippen molar-refractivity contribution < 1.29 is 4.79 Å². The van der Waals surface area contributed by atoms with E-state index in [9.17, 15) is 9.59 Å². The van der Waals surface area contributed by atoms with Crippen LogP contribution in [0.4, 0.5) is 5.69 Å². The van der Waals surface area contributed by atoms with E-state index in [1.54, 1.807) is 13.0 Å². The van der Waals surface area contributed by atoms with Crippen molar-refractivity contribution in [3.05, 3.63) is 64.7 Å². The minimum Gasteiger partial charge on any atom is -0.325 e. The number of carbonyl (C=O) groups is 1. The van der Waals surface area contributed by atoms with Gasteiger partial charge in [0.1, 0.15) is 5.03 Å². The number of benzene rings is 2. The van der Waals surface area contributed by atoms with Gasteiger partial charge in [-0.15, -0.1) is 0 Å². The monoisotopic (exact) mass is 325 g/mol. The second-order valence-electron chi connectivity index (χ2n) is 5.07. The van der Waals surface area contributed by atoms with Gasteiger partial charge in [0.05, 0.1) is 5.75 Å². The third kappa shape index (κ3) is 3.78. The highest BCUT2D eigenvalue weighted by molar-refractivity contribution is 7.99. The van der Waals surface area contributed by atoms with Crippen molar-refractivity contribution >= 4 is 34.1 Å². The Morgan fingerprint density at radius 1 is 1.22 bits per heavy atom. The van der Waals surface area contributed by atoms with Crippen molar-refractivity contribution in [3.63, 3.8) is 0 Å². The number of carbonyl (C=O) groups excluding carboxylic acids is 1. The summed E-state index contributed by atoms with van der Waals surface area (Å²) in [5, 5.41) is 5.52. The van der Waals surface area contributed by atoms with Crippen molar-refractivity contribution in [3.8, 4) is 0 Å². The van der Waals surface area contributed by atoms with Gasteiger partial charge in [-0.05, 0) is 24.4 Å². The van der Waals surface area contributed by atoms with E-state index >= 15 is 0 Å². The number of nitrogens with zero attached hydrogens (tertiary/aromatic N) is 1. The smallest absolute Gasteiger partial charge is 0.325 e. The maximum absolute atomic E-state index is 12.2. The van der Waals surface area contributed by atoms with Gasteiger partial charge in [-0.3, -0.25) is 4.79 Å².